The van der Waals surface area contributed by atoms with Gasteiger partial charge in [-0.2, -0.15) is 0 Å². The Morgan fingerprint density at radius 2 is 1.78 bits per heavy atom. The van der Waals surface area contributed by atoms with Crippen molar-refractivity contribution in [2.45, 2.75) is 57.7 Å². The molecule has 1 unspecified atom stereocenters. The van der Waals surface area contributed by atoms with Gasteiger partial charge in [-0.1, -0.05) is 25.1 Å². The highest BCUT2D eigenvalue weighted by atomic mass is 19.1. The Kier molecular flexibility index (Phi) is 6.70. The number of nitrogens with one attached hydrogen (secondary N) is 1. The third-order valence-corrected chi connectivity index (χ3v) is 7.79. The Morgan fingerprint density at radius 3 is 2.32 bits per heavy atom. The number of nitrogens with zero attached hydrogens (tertiary/aromatic N) is 4. The van der Waals surface area contributed by atoms with Crippen LogP contribution in [0, 0.1) is 16.6 Å². The van der Waals surface area contributed by atoms with Gasteiger partial charge < -0.3 is 15.7 Å². The fourth-order valence-electron chi connectivity index (χ4n) is 5.46. The zero-order valence-electron chi connectivity index (χ0n) is 21.0. The molecule has 37 heavy (non-hydrogen) atoms. The van der Waals surface area contributed by atoms with Gasteiger partial charge in [-0.15, -0.1) is 0 Å². The average Bonchev–Trinajstić information content (AvgIpc) is 3.01. The van der Waals surface area contributed by atoms with E-state index in [1.54, 1.807) is 13.1 Å². The Morgan fingerprint density at radius 1 is 1.16 bits per heavy atom. The molecule has 1 saturated carbocycles. The average molecular weight is 515 g/mol. The van der Waals surface area contributed by atoms with Crippen molar-refractivity contribution < 1.29 is 19.1 Å². The summed E-state index contributed by atoms with van der Waals surface area (Å²) < 4.78 is 16.2. The number of nitrogen functional groups attached to an aromatic ring is 1. The van der Waals surface area contributed by atoms with Gasteiger partial charge in [-0.3, -0.25) is 29.0 Å². The lowest BCUT2D eigenvalue weighted by molar-refractivity contribution is -0.128. The predicted octanol–water partition coefficient (Wildman–Crippen LogP) is 1.59. The van der Waals surface area contributed by atoms with E-state index in [1.807, 2.05) is 6.92 Å². The molecule has 4 N–H and O–H groups in total. The molecule has 12 heteroatoms. The van der Waals surface area contributed by atoms with Gasteiger partial charge in [-0.05, 0) is 43.6 Å². The van der Waals surface area contributed by atoms with Gasteiger partial charge >= 0.3 is 11.7 Å². The molecule has 2 heterocycles. The first-order valence-corrected chi connectivity index (χ1v) is 12.1. The van der Waals surface area contributed by atoms with Crippen molar-refractivity contribution in [2.75, 3.05) is 14.1 Å². The van der Waals surface area contributed by atoms with Crippen molar-refractivity contribution in [3.05, 3.63) is 62.0 Å². The largest absolute Gasteiger partial charge is 0.494 e. The molecule has 1 aliphatic carbocycles. The number of aromatic nitrogens is 2. The lowest BCUT2D eigenvalue weighted by Gasteiger charge is -2.39. The monoisotopic (exact) mass is 514 g/mol. The number of halogens is 1. The Balaban J connectivity index is 1.64. The van der Waals surface area contributed by atoms with Crippen LogP contribution in [0.5, 0.6) is 5.88 Å². The number of likely N-dealkylation sites (N-methyl/N-ethyl adjacent to an activating group) is 2. The SMILES string of the molecule is CN1C(=O)C(CC2(C)CCC(n3c(=O)c(C(=N)N)c(O)n(Cc4ccccc4F)c3=O)CC2)N(C)C1=O. The van der Waals surface area contributed by atoms with Crippen LogP contribution < -0.4 is 17.0 Å². The topological polar surface area (TPSA) is 155 Å². The zero-order chi connectivity index (χ0) is 27.2. The number of benzene rings is 1. The van der Waals surface area contributed by atoms with Crippen molar-refractivity contribution in [3.63, 3.8) is 0 Å². The van der Waals surface area contributed by atoms with Gasteiger partial charge in [0, 0.05) is 25.7 Å². The first-order valence-electron chi connectivity index (χ1n) is 12.1. The molecule has 4 rings (SSSR count). The second-order valence-corrected chi connectivity index (χ2v) is 10.3. The van der Waals surface area contributed by atoms with E-state index in [4.69, 9.17) is 11.1 Å². The van der Waals surface area contributed by atoms with Crippen LogP contribution in [0.2, 0.25) is 0 Å². The number of hydrogen-bond acceptors (Lipinski definition) is 6. The molecular formula is C25H31FN6O5. The second kappa shape index (κ2) is 9.49. The molecule has 0 radical (unpaired) electrons. The molecule has 1 saturated heterocycles. The van der Waals surface area contributed by atoms with Gasteiger partial charge in [0.2, 0.25) is 5.88 Å². The van der Waals surface area contributed by atoms with Crippen LogP contribution in [0.4, 0.5) is 9.18 Å². The first-order chi connectivity index (χ1) is 17.4. The van der Waals surface area contributed by atoms with Gasteiger partial charge in [0.05, 0.1) is 6.54 Å². The number of carbonyl (C=O) groups excluding carboxylic acids is 2. The maximum atomic E-state index is 14.3. The fraction of sp³-hybridized carbons (Fsp3) is 0.480. The molecule has 0 bridgehead atoms. The summed E-state index contributed by atoms with van der Waals surface area (Å²) in [6, 6.07) is 4.29. The van der Waals surface area contributed by atoms with Crippen molar-refractivity contribution in [1.82, 2.24) is 18.9 Å². The van der Waals surface area contributed by atoms with E-state index in [2.05, 4.69) is 0 Å². The van der Waals surface area contributed by atoms with Crippen LogP contribution in [0.3, 0.4) is 0 Å². The molecule has 2 aromatic rings. The fourth-order valence-corrected chi connectivity index (χ4v) is 5.46. The molecular weight excluding hydrogens is 483 g/mol. The summed E-state index contributed by atoms with van der Waals surface area (Å²) in [5.74, 6) is -2.32. The predicted molar refractivity (Wildman–Crippen MR) is 133 cm³/mol. The molecule has 11 nitrogen and oxygen atoms in total. The summed E-state index contributed by atoms with van der Waals surface area (Å²) in [7, 11) is 3.05. The summed E-state index contributed by atoms with van der Waals surface area (Å²) in [6.45, 7) is 1.67. The molecule has 2 fully saturated rings. The van der Waals surface area contributed by atoms with Crippen molar-refractivity contribution in [1.29, 1.82) is 5.41 Å². The first kappa shape index (κ1) is 26.1. The number of amidine groups is 1. The number of urea groups is 1. The van der Waals surface area contributed by atoms with Crippen molar-refractivity contribution in [2.24, 2.45) is 11.1 Å². The maximum absolute atomic E-state index is 14.3. The number of amides is 3. The van der Waals surface area contributed by atoms with E-state index in [0.717, 1.165) is 14.0 Å². The lowest BCUT2D eigenvalue weighted by atomic mass is 9.70. The van der Waals surface area contributed by atoms with Gasteiger partial charge in [0.15, 0.2) is 0 Å². The highest BCUT2D eigenvalue weighted by Crippen LogP contribution is 2.44. The number of carbonyl (C=O) groups is 2. The van der Waals surface area contributed by atoms with Crippen LogP contribution >= 0.6 is 0 Å². The number of rotatable bonds is 6. The van der Waals surface area contributed by atoms with Crippen LogP contribution in [0.25, 0.3) is 0 Å². The van der Waals surface area contributed by atoms with Crippen LogP contribution in [0.15, 0.2) is 33.9 Å². The van der Waals surface area contributed by atoms with Gasteiger partial charge in [-0.25, -0.2) is 14.0 Å². The zero-order valence-corrected chi connectivity index (χ0v) is 21.0. The Bertz CT molecular complexity index is 1390. The molecule has 1 aromatic heterocycles. The molecule has 1 aromatic carbocycles. The van der Waals surface area contributed by atoms with E-state index < -0.39 is 46.4 Å². The summed E-state index contributed by atoms with van der Waals surface area (Å²) in [5, 5.41) is 18.5. The quantitative estimate of drug-likeness (QED) is 0.302. The van der Waals surface area contributed by atoms with Gasteiger partial charge in [0.25, 0.3) is 11.5 Å². The third kappa shape index (κ3) is 4.51. The highest BCUT2D eigenvalue weighted by molar-refractivity contribution is 6.03. The molecule has 198 valence electrons. The summed E-state index contributed by atoms with van der Waals surface area (Å²) >= 11 is 0. The van der Waals surface area contributed by atoms with E-state index in [0.29, 0.717) is 32.1 Å². The Hall–Kier alpha value is -3.96. The van der Waals surface area contributed by atoms with E-state index >= 15 is 0 Å². The van der Waals surface area contributed by atoms with E-state index in [1.165, 1.54) is 30.1 Å². The second-order valence-electron chi connectivity index (χ2n) is 10.3. The van der Waals surface area contributed by atoms with Crippen molar-refractivity contribution >= 4 is 17.8 Å². The smallest absolute Gasteiger partial charge is 0.334 e. The molecule has 2 aliphatic rings. The summed E-state index contributed by atoms with van der Waals surface area (Å²) in [6.07, 6.45) is 2.43. The van der Waals surface area contributed by atoms with Crippen LogP contribution in [-0.2, 0) is 11.3 Å². The number of aromatic hydroxyl groups is 1. The van der Waals surface area contributed by atoms with E-state index in [9.17, 15) is 28.7 Å². The third-order valence-electron chi connectivity index (χ3n) is 7.79. The minimum Gasteiger partial charge on any atom is -0.494 e. The normalized spacial score (nSPS) is 24.1. The standard InChI is InChI=1S/C25H31FN6O5/c1-25(12-17-20(33)30(3)23(36)29(17)2)10-8-15(9-11-25)32-22(35)18(19(27)28)21(34)31(24(32)37)13-14-6-4-5-7-16(14)26/h4-7,15,17,34H,8-13H2,1-3H3,(H3,27,28). The van der Waals surface area contributed by atoms with Crippen LogP contribution in [0.1, 0.15) is 56.2 Å². The Labute approximate surface area is 212 Å². The van der Waals surface area contributed by atoms with Crippen molar-refractivity contribution in [3.8, 4) is 5.88 Å². The number of hydrogen-bond donors (Lipinski definition) is 3. The highest BCUT2D eigenvalue weighted by Gasteiger charge is 2.45. The summed E-state index contributed by atoms with van der Waals surface area (Å²) in [4.78, 5) is 53.9. The minimum absolute atomic E-state index is 0.126. The lowest BCUT2D eigenvalue weighted by Crippen LogP contribution is -2.47. The summed E-state index contributed by atoms with van der Waals surface area (Å²) in [5.41, 5.74) is 3.21. The number of imide groups is 1. The van der Waals surface area contributed by atoms with E-state index in [-0.39, 0.29) is 29.5 Å². The molecule has 1 atom stereocenters. The molecule has 3 amide bonds. The molecule has 0 spiro atoms. The number of nitrogens with two attached hydrogens (primary N) is 1. The molecule has 1 aliphatic heterocycles. The minimum atomic E-state index is -0.869. The van der Waals surface area contributed by atoms with Gasteiger partial charge in [0.1, 0.15) is 23.3 Å². The maximum Gasteiger partial charge on any atom is 0.334 e. The van der Waals surface area contributed by atoms with Crippen LogP contribution in [-0.4, -0.2) is 62.0 Å².